The number of anilines is 3. The number of amides is 1. The Morgan fingerprint density at radius 1 is 1.07 bits per heavy atom. The van der Waals surface area contributed by atoms with Crippen molar-refractivity contribution >= 4 is 23.0 Å². The van der Waals surface area contributed by atoms with Gasteiger partial charge in [0.2, 0.25) is 5.91 Å². The van der Waals surface area contributed by atoms with Gasteiger partial charge in [-0.2, -0.15) is 0 Å². The number of nitrogens with zero attached hydrogens (tertiary/aromatic N) is 2. The van der Waals surface area contributed by atoms with Crippen LogP contribution in [0.25, 0.3) is 0 Å². The molecule has 1 aliphatic heterocycles. The SMILES string of the molecule is CCN1CCN(c2ccc(N[C@@H](C)C(=O)Nc3ccccc3F)cc2)CC1. The Balaban J connectivity index is 1.54. The van der Waals surface area contributed by atoms with E-state index in [0.29, 0.717) is 0 Å². The largest absolute Gasteiger partial charge is 0.374 e. The topological polar surface area (TPSA) is 47.6 Å². The third kappa shape index (κ3) is 4.98. The maximum absolute atomic E-state index is 13.7. The molecule has 1 atom stereocenters. The van der Waals surface area contributed by atoms with Crippen LogP contribution >= 0.6 is 0 Å². The molecule has 5 nitrogen and oxygen atoms in total. The fraction of sp³-hybridized carbons (Fsp3) is 0.381. The molecule has 27 heavy (non-hydrogen) atoms. The van der Waals surface area contributed by atoms with Gasteiger partial charge < -0.3 is 20.4 Å². The number of carbonyl (C=O) groups excluding carboxylic acids is 1. The highest BCUT2D eigenvalue weighted by Crippen LogP contribution is 2.20. The molecule has 1 heterocycles. The molecule has 0 aromatic heterocycles. The van der Waals surface area contributed by atoms with Gasteiger partial charge in [-0.3, -0.25) is 4.79 Å². The Kier molecular flexibility index (Phi) is 6.29. The van der Waals surface area contributed by atoms with Crippen molar-refractivity contribution in [2.45, 2.75) is 19.9 Å². The summed E-state index contributed by atoms with van der Waals surface area (Å²) in [6.07, 6.45) is 0. The van der Waals surface area contributed by atoms with Crippen LogP contribution in [-0.4, -0.2) is 49.6 Å². The van der Waals surface area contributed by atoms with Crippen LogP contribution in [0.2, 0.25) is 0 Å². The first-order valence-corrected chi connectivity index (χ1v) is 9.46. The Morgan fingerprint density at radius 3 is 2.37 bits per heavy atom. The molecular formula is C21H27FN4O. The Morgan fingerprint density at radius 2 is 1.74 bits per heavy atom. The molecule has 0 saturated carbocycles. The van der Waals surface area contributed by atoms with Crippen molar-refractivity contribution in [3.05, 3.63) is 54.3 Å². The molecule has 0 unspecified atom stereocenters. The average Bonchev–Trinajstić information content (AvgIpc) is 2.70. The Bertz CT molecular complexity index is 757. The zero-order chi connectivity index (χ0) is 19.2. The number of rotatable bonds is 6. The van der Waals surface area contributed by atoms with Crippen molar-refractivity contribution in [3.8, 4) is 0 Å². The normalized spacial score (nSPS) is 16.0. The first-order valence-electron chi connectivity index (χ1n) is 9.46. The summed E-state index contributed by atoms with van der Waals surface area (Å²) in [6.45, 7) is 9.29. The molecule has 0 bridgehead atoms. The average molecular weight is 370 g/mol. The van der Waals surface area contributed by atoms with Crippen LogP contribution in [0, 0.1) is 5.82 Å². The van der Waals surface area contributed by atoms with E-state index in [1.165, 1.54) is 11.8 Å². The second-order valence-corrected chi connectivity index (χ2v) is 6.80. The summed E-state index contributed by atoms with van der Waals surface area (Å²) >= 11 is 0. The standard InChI is InChI=1S/C21H27FN4O/c1-3-25-12-14-26(15-13-25)18-10-8-17(9-11-18)23-16(2)21(27)24-20-7-5-4-6-19(20)22/h4-11,16,23H,3,12-15H2,1-2H3,(H,24,27)/t16-/m0/s1. The molecule has 6 heteroatoms. The molecule has 1 saturated heterocycles. The molecule has 1 amide bonds. The summed E-state index contributed by atoms with van der Waals surface area (Å²) in [5.74, 6) is -0.717. The molecule has 2 aromatic carbocycles. The highest BCUT2D eigenvalue weighted by atomic mass is 19.1. The van der Waals surface area contributed by atoms with Gasteiger partial charge in [-0.05, 0) is 49.9 Å². The lowest BCUT2D eigenvalue weighted by molar-refractivity contribution is -0.116. The lowest BCUT2D eigenvalue weighted by Crippen LogP contribution is -2.46. The van der Waals surface area contributed by atoms with E-state index < -0.39 is 11.9 Å². The highest BCUT2D eigenvalue weighted by Gasteiger charge is 2.17. The van der Waals surface area contributed by atoms with Gasteiger partial charge in [0.25, 0.3) is 0 Å². The number of nitrogens with one attached hydrogen (secondary N) is 2. The van der Waals surface area contributed by atoms with Gasteiger partial charge in [-0.15, -0.1) is 0 Å². The third-order valence-electron chi connectivity index (χ3n) is 4.96. The van der Waals surface area contributed by atoms with Crippen LogP contribution in [-0.2, 0) is 4.79 Å². The minimum atomic E-state index is -0.483. The van der Waals surface area contributed by atoms with E-state index in [4.69, 9.17) is 0 Å². The predicted octanol–water partition coefficient (Wildman–Crippen LogP) is 3.41. The highest BCUT2D eigenvalue weighted by molar-refractivity contribution is 5.96. The van der Waals surface area contributed by atoms with Crippen molar-refractivity contribution in [2.75, 3.05) is 48.3 Å². The first kappa shape index (κ1) is 19.2. The maximum atomic E-state index is 13.7. The number of carbonyl (C=O) groups is 1. The Hall–Kier alpha value is -2.60. The first-order chi connectivity index (χ1) is 13.1. The quantitative estimate of drug-likeness (QED) is 0.818. The number of benzene rings is 2. The van der Waals surface area contributed by atoms with E-state index in [9.17, 15) is 9.18 Å². The van der Waals surface area contributed by atoms with Crippen molar-refractivity contribution in [1.29, 1.82) is 0 Å². The summed E-state index contributed by atoms with van der Waals surface area (Å²) in [5, 5.41) is 5.78. The van der Waals surface area contributed by atoms with E-state index in [2.05, 4.69) is 39.5 Å². The van der Waals surface area contributed by atoms with Gasteiger partial charge in [0.15, 0.2) is 0 Å². The zero-order valence-electron chi connectivity index (χ0n) is 15.9. The van der Waals surface area contributed by atoms with Gasteiger partial charge in [0.05, 0.1) is 5.69 Å². The second-order valence-electron chi connectivity index (χ2n) is 6.80. The molecule has 3 rings (SSSR count). The minimum Gasteiger partial charge on any atom is -0.374 e. The second kappa shape index (κ2) is 8.86. The number of halogens is 1. The number of piperazine rings is 1. The van der Waals surface area contributed by atoms with E-state index in [0.717, 1.165) is 38.4 Å². The minimum absolute atomic E-state index is 0.192. The van der Waals surface area contributed by atoms with Crippen molar-refractivity contribution < 1.29 is 9.18 Å². The van der Waals surface area contributed by atoms with E-state index >= 15 is 0 Å². The summed E-state index contributed by atoms with van der Waals surface area (Å²) in [5.41, 5.74) is 2.25. The molecule has 0 spiro atoms. The molecule has 0 radical (unpaired) electrons. The van der Waals surface area contributed by atoms with Crippen molar-refractivity contribution in [2.24, 2.45) is 0 Å². The molecule has 2 N–H and O–H groups in total. The van der Waals surface area contributed by atoms with E-state index in [1.54, 1.807) is 25.1 Å². The van der Waals surface area contributed by atoms with E-state index in [-0.39, 0.29) is 11.6 Å². The van der Waals surface area contributed by atoms with Crippen LogP contribution in [0.1, 0.15) is 13.8 Å². The molecular weight excluding hydrogens is 343 g/mol. The van der Waals surface area contributed by atoms with Crippen LogP contribution < -0.4 is 15.5 Å². The molecule has 1 fully saturated rings. The lowest BCUT2D eigenvalue weighted by Gasteiger charge is -2.35. The number of hydrogen-bond acceptors (Lipinski definition) is 4. The van der Waals surface area contributed by atoms with Gasteiger partial charge in [-0.1, -0.05) is 19.1 Å². The van der Waals surface area contributed by atoms with Gasteiger partial charge in [0, 0.05) is 37.6 Å². The summed E-state index contributed by atoms with van der Waals surface area (Å²) in [6, 6.07) is 13.8. The maximum Gasteiger partial charge on any atom is 0.246 e. The molecule has 0 aliphatic carbocycles. The lowest BCUT2D eigenvalue weighted by atomic mass is 10.2. The molecule has 144 valence electrons. The van der Waals surface area contributed by atoms with Crippen LogP contribution in [0.5, 0.6) is 0 Å². The fourth-order valence-electron chi connectivity index (χ4n) is 3.21. The van der Waals surface area contributed by atoms with Crippen molar-refractivity contribution in [1.82, 2.24) is 4.90 Å². The number of likely N-dealkylation sites (N-methyl/N-ethyl adjacent to an activating group) is 1. The van der Waals surface area contributed by atoms with Gasteiger partial charge in [-0.25, -0.2) is 4.39 Å². The van der Waals surface area contributed by atoms with Crippen molar-refractivity contribution in [3.63, 3.8) is 0 Å². The number of para-hydroxylation sites is 1. The van der Waals surface area contributed by atoms with Gasteiger partial charge >= 0.3 is 0 Å². The summed E-state index contributed by atoms with van der Waals surface area (Å²) in [7, 11) is 0. The zero-order valence-corrected chi connectivity index (χ0v) is 15.9. The fourth-order valence-corrected chi connectivity index (χ4v) is 3.21. The van der Waals surface area contributed by atoms with E-state index in [1.807, 2.05) is 12.1 Å². The molecule has 2 aromatic rings. The predicted molar refractivity (Wildman–Crippen MR) is 109 cm³/mol. The van der Waals surface area contributed by atoms with Gasteiger partial charge in [0.1, 0.15) is 11.9 Å². The monoisotopic (exact) mass is 370 g/mol. The smallest absolute Gasteiger partial charge is 0.246 e. The summed E-state index contributed by atoms with van der Waals surface area (Å²) < 4.78 is 13.7. The Labute approximate surface area is 160 Å². The summed E-state index contributed by atoms with van der Waals surface area (Å²) in [4.78, 5) is 17.1. The van der Waals surface area contributed by atoms with Crippen LogP contribution in [0.15, 0.2) is 48.5 Å². The third-order valence-corrected chi connectivity index (χ3v) is 4.96. The van der Waals surface area contributed by atoms with Crippen LogP contribution in [0.3, 0.4) is 0 Å². The molecule has 1 aliphatic rings. The number of hydrogen-bond donors (Lipinski definition) is 2. The van der Waals surface area contributed by atoms with Crippen LogP contribution in [0.4, 0.5) is 21.5 Å².